The normalized spacial score (nSPS) is 12.4. The summed E-state index contributed by atoms with van der Waals surface area (Å²) < 4.78 is 5.53. The first-order valence-corrected chi connectivity index (χ1v) is 16.5. The number of ketones is 1. The van der Waals surface area contributed by atoms with Gasteiger partial charge in [0.1, 0.15) is 11.3 Å². The Balaban J connectivity index is 0.000000290. The molecule has 0 saturated carbocycles. The average molecular weight is 810 g/mol. The van der Waals surface area contributed by atoms with Crippen LogP contribution >= 0.6 is 0 Å². The minimum absolute atomic E-state index is 0. The fourth-order valence-electron chi connectivity index (χ4n) is 5.42. The molecule has 5 nitrogen and oxygen atoms in total. The molecule has 2 aromatic carbocycles. The van der Waals surface area contributed by atoms with Crippen molar-refractivity contribution in [3.63, 3.8) is 0 Å². The molecule has 3 aromatic heterocycles. The van der Waals surface area contributed by atoms with E-state index in [9.17, 15) is 9.90 Å². The summed E-state index contributed by atoms with van der Waals surface area (Å²) in [5, 5.41) is 13.5. The molecule has 0 aliphatic heterocycles. The van der Waals surface area contributed by atoms with Crippen LogP contribution in [-0.2, 0) is 30.3 Å². The van der Waals surface area contributed by atoms with E-state index in [4.69, 9.17) is 4.42 Å². The van der Waals surface area contributed by atoms with Gasteiger partial charge in [-0.25, -0.2) is 0 Å². The largest absolute Gasteiger partial charge is 0.512 e. The van der Waals surface area contributed by atoms with Crippen molar-refractivity contribution in [1.29, 1.82) is 0 Å². The third kappa shape index (κ3) is 8.47. The Kier molecular flexibility index (Phi) is 12.5. The molecular weight excluding hydrogens is 761 g/mol. The fourth-order valence-corrected chi connectivity index (χ4v) is 5.42. The summed E-state index contributed by atoms with van der Waals surface area (Å²) in [4.78, 5) is 21.4. The van der Waals surface area contributed by atoms with Crippen molar-refractivity contribution in [2.45, 2.75) is 93.4 Å². The number of hydrogen-bond acceptors (Lipinski definition) is 5. The Morgan fingerprint density at radius 2 is 1.51 bits per heavy atom. The van der Waals surface area contributed by atoms with Gasteiger partial charge in [0.15, 0.2) is 5.78 Å². The van der Waals surface area contributed by atoms with Gasteiger partial charge in [0.25, 0.3) is 0 Å². The Morgan fingerprint density at radius 1 is 0.851 bits per heavy atom. The van der Waals surface area contributed by atoms with Crippen LogP contribution in [0.4, 0.5) is 0 Å². The molecule has 5 rings (SSSR count). The molecule has 0 saturated heterocycles. The van der Waals surface area contributed by atoms with E-state index in [-0.39, 0.29) is 47.9 Å². The molecule has 0 amide bonds. The van der Waals surface area contributed by atoms with Crippen molar-refractivity contribution in [3.05, 3.63) is 96.7 Å². The maximum Gasteiger partial charge on any atom is 0.164 e. The predicted molar refractivity (Wildman–Crippen MR) is 191 cm³/mol. The van der Waals surface area contributed by atoms with Crippen molar-refractivity contribution in [2.24, 2.45) is 10.8 Å². The summed E-state index contributed by atoms with van der Waals surface area (Å²) in [6, 6.07) is 22.1. The Labute approximate surface area is 294 Å². The van der Waals surface area contributed by atoms with Crippen LogP contribution in [0.1, 0.15) is 93.6 Å². The summed E-state index contributed by atoms with van der Waals surface area (Å²) in [6.07, 6.45) is 10.1. The molecule has 251 valence electrons. The van der Waals surface area contributed by atoms with Gasteiger partial charge in [0, 0.05) is 66.6 Å². The van der Waals surface area contributed by atoms with Crippen LogP contribution in [0.15, 0.2) is 89.5 Å². The van der Waals surface area contributed by atoms with Gasteiger partial charge in [-0.05, 0) is 48.8 Å². The number of fused-ring (bicyclic) bond motifs is 2. The molecule has 0 bridgehead atoms. The molecule has 5 aromatic rings. The van der Waals surface area contributed by atoms with Crippen LogP contribution in [0.25, 0.3) is 44.3 Å². The van der Waals surface area contributed by atoms with Gasteiger partial charge in [-0.15, -0.1) is 29.1 Å². The molecule has 0 spiro atoms. The monoisotopic (exact) mass is 810 g/mol. The van der Waals surface area contributed by atoms with Crippen molar-refractivity contribution >= 4 is 27.5 Å². The molecule has 3 heterocycles. The molecule has 0 aliphatic rings. The number of benzene rings is 2. The maximum atomic E-state index is 12.2. The molecular formula is C41H49IrN2O3-. The van der Waals surface area contributed by atoms with Gasteiger partial charge in [0.05, 0.1) is 12.0 Å². The van der Waals surface area contributed by atoms with E-state index < -0.39 is 0 Å². The summed E-state index contributed by atoms with van der Waals surface area (Å²) in [5.74, 6) is 0.286. The van der Waals surface area contributed by atoms with Crippen LogP contribution in [0, 0.1) is 16.9 Å². The number of allylic oxidation sites excluding steroid dienone is 2. The van der Waals surface area contributed by atoms with Gasteiger partial charge < -0.3 is 9.52 Å². The topological polar surface area (TPSA) is 76.2 Å². The zero-order chi connectivity index (χ0) is 33.7. The van der Waals surface area contributed by atoms with Gasteiger partial charge >= 0.3 is 0 Å². The molecule has 1 radical (unpaired) electrons. The first kappa shape index (κ1) is 37.9. The standard InChI is InChI=1S/C26H21N2O.C15H28O2.Ir/c1-26(2,3)22-13-20(12-17-6-4-5-7-21(17)22)23-14-18(8-10-27-23)24-15-25-19(16-28-24)9-11-29-25;1-7-14(5,8-2)12(16)11-13(17)15(6,9-3)10-4;/h4-11,13-16H,1-3H3;11,16H,7-10H2,1-6H3;/q-1;;/b;12-11-;. The summed E-state index contributed by atoms with van der Waals surface area (Å²) >= 11 is 0. The van der Waals surface area contributed by atoms with E-state index in [0.29, 0.717) is 0 Å². The number of aromatic nitrogens is 2. The van der Waals surface area contributed by atoms with Crippen LogP contribution in [0.2, 0.25) is 0 Å². The smallest absolute Gasteiger partial charge is 0.164 e. The van der Waals surface area contributed by atoms with Crippen molar-refractivity contribution < 1.29 is 34.4 Å². The van der Waals surface area contributed by atoms with E-state index in [1.165, 1.54) is 17.0 Å². The average Bonchev–Trinajstić information content (AvgIpc) is 3.55. The van der Waals surface area contributed by atoms with Crippen molar-refractivity contribution in [2.75, 3.05) is 0 Å². The van der Waals surface area contributed by atoms with Crippen LogP contribution in [0.5, 0.6) is 0 Å². The fraction of sp³-hybridized carbons (Fsp3) is 0.390. The SMILES string of the molecule is CC(C)(C)c1cc(-c2cc(-c3cc4occc4cn3)ccn2)[c-]c2ccccc12.CCC(C)(CC)C(=O)/C=C(\O)C(C)(CC)CC.[Ir]. The quantitative estimate of drug-likeness (QED) is 0.0912. The first-order chi connectivity index (χ1) is 21.8. The zero-order valence-corrected chi connectivity index (χ0v) is 31.7. The summed E-state index contributed by atoms with van der Waals surface area (Å²) in [5.41, 5.74) is 5.31. The number of aliphatic hydroxyl groups is 1. The zero-order valence-electron chi connectivity index (χ0n) is 29.3. The number of furan rings is 1. The molecule has 6 heteroatoms. The number of carbonyl (C=O) groups is 1. The van der Waals surface area contributed by atoms with E-state index >= 15 is 0 Å². The number of aliphatic hydroxyl groups excluding tert-OH is 1. The second kappa shape index (κ2) is 15.5. The second-order valence-corrected chi connectivity index (χ2v) is 13.8. The van der Waals surface area contributed by atoms with Gasteiger partial charge in [0.2, 0.25) is 0 Å². The molecule has 47 heavy (non-hydrogen) atoms. The predicted octanol–water partition coefficient (Wildman–Crippen LogP) is 11.5. The maximum absolute atomic E-state index is 12.2. The Morgan fingerprint density at radius 3 is 2.15 bits per heavy atom. The van der Waals surface area contributed by atoms with Crippen LogP contribution in [-0.4, -0.2) is 20.9 Å². The van der Waals surface area contributed by atoms with E-state index in [2.05, 4.69) is 73.2 Å². The number of pyridine rings is 2. The Bertz CT molecular complexity index is 1840. The van der Waals surface area contributed by atoms with Crippen LogP contribution in [0.3, 0.4) is 0 Å². The number of nitrogens with zero attached hydrogens (tertiary/aromatic N) is 2. The molecule has 0 atom stereocenters. The minimum Gasteiger partial charge on any atom is -0.512 e. The van der Waals surface area contributed by atoms with Gasteiger partial charge in [-0.2, -0.15) is 0 Å². The molecule has 0 fully saturated rings. The van der Waals surface area contributed by atoms with Crippen molar-refractivity contribution in [3.8, 4) is 22.5 Å². The number of hydrogen-bond donors (Lipinski definition) is 1. The summed E-state index contributed by atoms with van der Waals surface area (Å²) in [6.45, 7) is 18.8. The number of carbonyl (C=O) groups excluding carboxylic acids is 1. The third-order valence-electron chi connectivity index (χ3n) is 9.85. The molecule has 0 aliphatic carbocycles. The molecule has 1 N–H and O–H groups in total. The van der Waals surface area contributed by atoms with Gasteiger partial charge in [-0.3, -0.25) is 14.8 Å². The van der Waals surface area contributed by atoms with Crippen molar-refractivity contribution in [1.82, 2.24) is 9.97 Å². The number of rotatable bonds is 9. The second-order valence-electron chi connectivity index (χ2n) is 13.8. The Hall–Kier alpha value is -3.60. The van der Waals surface area contributed by atoms with E-state index in [0.717, 1.165) is 64.6 Å². The summed E-state index contributed by atoms with van der Waals surface area (Å²) in [7, 11) is 0. The molecule has 0 unspecified atom stereocenters. The first-order valence-electron chi connectivity index (χ1n) is 16.5. The van der Waals surface area contributed by atoms with E-state index in [1.807, 2.05) is 72.1 Å². The third-order valence-corrected chi connectivity index (χ3v) is 9.85. The minimum atomic E-state index is -0.337. The van der Waals surface area contributed by atoms with Crippen LogP contribution < -0.4 is 0 Å². The van der Waals surface area contributed by atoms with E-state index in [1.54, 1.807) is 6.26 Å². The van der Waals surface area contributed by atoms with Gasteiger partial charge in [-0.1, -0.05) is 97.5 Å².